The molecule has 15 heavy (non-hydrogen) atoms. The van der Waals surface area contributed by atoms with Crippen LogP contribution in [0.5, 0.6) is 0 Å². The molecule has 0 aromatic heterocycles. The summed E-state index contributed by atoms with van der Waals surface area (Å²) in [6, 6.07) is 0.350. The zero-order valence-corrected chi connectivity index (χ0v) is 10.2. The molecule has 2 atom stereocenters. The number of β-amino-alcohol motifs (C(OH)–C–C–N with tert-alkyl or cyclic N) is 1. The molecule has 0 aliphatic carbocycles. The summed E-state index contributed by atoms with van der Waals surface area (Å²) in [4.78, 5) is 2.47. The van der Waals surface area contributed by atoms with Gasteiger partial charge >= 0.3 is 0 Å². The largest absolute Gasteiger partial charge is 0.390 e. The monoisotopic (exact) mass is 214 g/mol. The molecule has 0 unspecified atom stereocenters. The van der Waals surface area contributed by atoms with E-state index in [2.05, 4.69) is 24.1 Å². The molecule has 0 radical (unpaired) electrons. The minimum atomic E-state index is -0.168. The summed E-state index contributed by atoms with van der Waals surface area (Å²) in [7, 11) is 0. The fraction of sp³-hybridized carbons (Fsp3) is 1.00. The van der Waals surface area contributed by atoms with Crippen LogP contribution in [-0.2, 0) is 0 Å². The second-order valence-electron chi connectivity index (χ2n) is 4.54. The van der Waals surface area contributed by atoms with E-state index in [1.54, 1.807) is 0 Å². The Bertz CT molecular complexity index is 156. The number of unbranched alkanes of at least 4 members (excludes halogenated alkanes) is 2. The van der Waals surface area contributed by atoms with Crippen LogP contribution in [0.1, 0.15) is 39.5 Å². The minimum absolute atomic E-state index is 0.168. The summed E-state index contributed by atoms with van der Waals surface area (Å²) >= 11 is 0. The number of nitrogens with zero attached hydrogens (tertiary/aromatic N) is 1. The number of aliphatic hydroxyl groups is 1. The van der Waals surface area contributed by atoms with Crippen LogP contribution in [0.4, 0.5) is 0 Å². The lowest BCUT2D eigenvalue weighted by molar-refractivity contribution is 0.0809. The maximum atomic E-state index is 9.85. The van der Waals surface area contributed by atoms with Gasteiger partial charge in [-0.05, 0) is 25.9 Å². The topological polar surface area (TPSA) is 35.5 Å². The van der Waals surface area contributed by atoms with Crippen LogP contribution in [0.25, 0.3) is 0 Å². The molecule has 1 fully saturated rings. The zero-order valence-electron chi connectivity index (χ0n) is 10.2. The number of hydrogen-bond acceptors (Lipinski definition) is 3. The third-order valence-corrected chi connectivity index (χ3v) is 3.22. The molecular weight excluding hydrogens is 188 g/mol. The molecule has 0 spiro atoms. The molecule has 1 saturated heterocycles. The Kier molecular flexibility index (Phi) is 6.22. The zero-order chi connectivity index (χ0) is 11.1. The lowest BCUT2D eigenvalue weighted by Gasteiger charge is -2.30. The van der Waals surface area contributed by atoms with E-state index in [0.29, 0.717) is 6.04 Å². The third kappa shape index (κ3) is 4.09. The Morgan fingerprint density at radius 3 is 2.13 bits per heavy atom. The van der Waals surface area contributed by atoms with Gasteiger partial charge in [0.05, 0.1) is 6.10 Å². The standard InChI is InChI=1S/C12H26N2O/c1-3-5-7-14(8-6-4-2)11-9-13-10-12(11)15/h11-13,15H,3-10H2,1-2H3/t11-,12-/m1/s1. The Morgan fingerprint density at radius 1 is 1.13 bits per heavy atom. The van der Waals surface area contributed by atoms with E-state index < -0.39 is 0 Å². The molecule has 0 bridgehead atoms. The predicted octanol–water partition coefficient (Wildman–Crippen LogP) is 1.22. The van der Waals surface area contributed by atoms with Crippen molar-refractivity contribution in [1.82, 2.24) is 10.2 Å². The van der Waals surface area contributed by atoms with Crippen molar-refractivity contribution in [3.05, 3.63) is 0 Å². The molecule has 1 aliphatic heterocycles. The number of nitrogens with one attached hydrogen (secondary N) is 1. The molecule has 3 nitrogen and oxygen atoms in total. The first-order valence-electron chi connectivity index (χ1n) is 6.42. The van der Waals surface area contributed by atoms with Crippen molar-refractivity contribution in [2.75, 3.05) is 26.2 Å². The molecule has 1 rings (SSSR count). The van der Waals surface area contributed by atoms with E-state index in [0.717, 1.165) is 26.2 Å². The van der Waals surface area contributed by atoms with E-state index in [1.807, 2.05) is 0 Å². The minimum Gasteiger partial charge on any atom is -0.390 e. The lowest BCUT2D eigenvalue weighted by Crippen LogP contribution is -2.44. The van der Waals surface area contributed by atoms with Gasteiger partial charge in [-0.1, -0.05) is 26.7 Å². The van der Waals surface area contributed by atoms with Gasteiger partial charge in [0.1, 0.15) is 0 Å². The van der Waals surface area contributed by atoms with Crippen LogP contribution in [0, 0.1) is 0 Å². The van der Waals surface area contributed by atoms with E-state index in [9.17, 15) is 5.11 Å². The maximum absolute atomic E-state index is 9.85. The molecule has 0 aromatic carbocycles. The molecule has 3 heteroatoms. The quantitative estimate of drug-likeness (QED) is 0.669. The average molecular weight is 214 g/mol. The Labute approximate surface area is 93.9 Å². The van der Waals surface area contributed by atoms with Crippen LogP contribution in [-0.4, -0.2) is 48.3 Å². The molecule has 1 aliphatic rings. The molecule has 2 N–H and O–H groups in total. The maximum Gasteiger partial charge on any atom is 0.0831 e. The highest BCUT2D eigenvalue weighted by molar-refractivity contribution is 4.88. The van der Waals surface area contributed by atoms with Gasteiger partial charge in [-0.2, -0.15) is 0 Å². The summed E-state index contributed by atoms with van der Waals surface area (Å²) in [5, 5.41) is 13.1. The van der Waals surface area contributed by atoms with Gasteiger partial charge in [0.25, 0.3) is 0 Å². The van der Waals surface area contributed by atoms with Gasteiger partial charge < -0.3 is 10.4 Å². The van der Waals surface area contributed by atoms with Crippen LogP contribution in [0.15, 0.2) is 0 Å². The molecule has 0 saturated carbocycles. The summed E-state index contributed by atoms with van der Waals surface area (Å²) in [5.41, 5.74) is 0. The predicted molar refractivity (Wildman–Crippen MR) is 64.1 cm³/mol. The molecule has 90 valence electrons. The van der Waals surface area contributed by atoms with Crippen LogP contribution in [0.2, 0.25) is 0 Å². The molecular formula is C12H26N2O. The first-order valence-corrected chi connectivity index (χ1v) is 6.42. The summed E-state index contributed by atoms with van der Waals surface area (Å²) in [5.74, 6) is 0. The normalized spacial score (nSPS) is 26.4. The fourth-order valence-electron chi connectivity index (χ4n) is 2.19. The Hall–Kier alpha value is -0.120. The highest BCUT2D eigenvalue weighted by atomic mass is 16.3. The lowest BCUT2D eigenvalue weighted by atomic mass is 10.1. The fourth-order valence-corrected chi connectivity index (χ4v) is 2.19. The second-order valence-corrected chi connectivity index (χ2v) is 4.54. The number of aliphatic hydroxyl groups excluding tert-OH is 1. The van der Waals surface area contributed by atoms with Gasteiger partial charge in [0.15, 0.2) is 0 Å². The van der Waals surface area contributed by atoms with E-state index in [-0.39, 0.29) is 6.10 Å². The van der Waals surface area contributed by atoms with Gasteiger partial charge in [0.2, 0.25) is 0 Å². The van der Waals surface area contributed by atoms with Gasteiger partial charge in [0, 0.05) is 19.1 Å². The van der Waals surface area contributed by atoms with E-state index in [1.165, 1.54) is 25.7 Å². The van der Waals surface area contributed by atoms with Crippen LogP contribution in [0.3, 0.4) is 0 Å². The third-order valence-electron chi connectivity index (χ3n) is 3.22. The van der Waals surface area contributed by atoms with E-state index >= 15 is 0 Å². The smallest absolute Gasteiger partial charge is 0.0831 e. The van der Waals surface area contributed by atoms with E-state index in [4.69, 9.17) is 0 Å². The van der Waals surface area contributed by atoms with Crippen molar-refractivity contribution in [3.63, 3.8) is 0 Å². The average Bonchev–Trinajstić information content (AvgIpc) is 2.65. The highest BCUT2D eigenvalue weighted by Gasteiger charge is 2.29. The van der Waals surface area contributed by atoms with Gasteiger partial charge in [-0.25, -0.2) is 0 Å². The molecule has 0 aromatic rings. The van der Waals surface area contributed by atoms with Crippen molar-refractivity contribution >= 4 is 0 Å². The first kappa shape index (κ1) is 12.9. The van der Waals surface area contributed by atoms with Gasteiger partial charge in [-0.15, -0.1) is 0 Å². The SMILES string of the molecule is CCCCN(CCCC)[C@@H]1CNC[C@H]1O. The Balaban J connectivity index is 2.38. The van der Waals surface area contributed by atoms with Gasteiger partial charge in [-0.3, -0.25) is 4.90 Å². The van der Waals surface area contributed by atoms with Crippen molar-refractivity contribution in [2.45, 2.75) is 51.7 Å². The first-order chi connectivity index (χ1) is 7.29. The van der Waals surface area contributed by atoms with Crippen molar-refractivity contribution in [1.29, 1.82) is 0 Å². The van der Waals surface area contributed by atoms with Crippen LogP contribution < -0.4 is 5.32 Å². The summed E-state index contributed by atoms with van der Waals surface area (Å²) in [6.45, 7) is 8.44. The second kappa shape index (κ2) is 7.20. The highest BCUT2D eigenvalue weighted by Crippen LogP contribution is 2.11. The van der Waals surface area contributed by atoms with Crippen molar-refractivity contribution in [2.24, 2.45) is 0 Å². The summed E-state index contributed by atoms with van der Waals surface area (Å²) < 4.78 is 0. The number of rotatable bonds is 7. The number of hydrogen-bond donors (Lipinski definition) is 2. The molecule has 0 amide bonds. The van der Waals surface area contributed by atoms with Crippen molar-refractivity contribution < 1.29 is 5.11 Å². The summed E-state index contributed by atoms with van der Waals surface area (Å²) in [6.07, 6.45) is 4.79. The van der Waals surface area contributed by atoms with Crippen LogP contribution >= 0.6 is 0 Å². The molecule has 1 heterocycles. The van der Waals surface area contributed by atoms with Crippen molar-refractivity contribution in [3.8, 4) is 0 Å². The Morgan fingerprint density at radius 2 is 1.73 bits per heavy atom.